The minimum atomic E-state index is -0.322. The highest BCUT2D eigenvalue weighted by Crippen LogP contribution is 2.23. The quantitative estimate of drug-likeness (QED) is 0.839. The number of carbonyl (C=O) groups excluding carboxylic acids is 1. The summed E-state index contributed by atoms with van der Waals surface area (Å²) in [6.45, 7) is 0. The number of hydrogen-bond donors (Lipinski definition) is 2. The van der Waals surface area contributed by atoms with Gasteiger partial charge in [-0.15, -0.1) is 0 Å². The van der Waals surface area contributed by atoms with Crippen molar-refractivity contribution in [2.24, 2.45) is 0 Å². The summed E-state index contributed by atoms with van der Waals surface area (Å²) in [5.74, 6) is -0.234. The molecule has 2 unspecified atom stereocenters. The van der Waals surface area contributed by atoms with E-state index in [9.17, 15) is 9.90 Å². The Bertz CT molecular complexity index is 674. The standard InChI is InChI=1S/C16H17ClN2O2/c17-15-13-7-2-1-4-10(13)8-14(19-15)16(21)18-11-5-3-6-12(20)9-11/h1-2,4,7-8,11-12,20H,3,5-6,9H2,(H,18,21). The number of amides is 1. The van der Waals surface area contributed by atoms with Crippen molar-refractivity contribution >= 4 is 28.3 Å². The monoisotopic (exact) mass is 304 g/mol. The Hall–Kier alpha value is -1.65. The molecule has 4 nitrogen and oxygen atoms in total. The fraction of sp³-hybridized carbons (Fsp3) is 0.375. The normalized spacial score (nSPS) is 22.2. The Balaban J connectivity index is 1.81. The van der Waals surface area contributed by atoms with E-state index >= 15 is 0 Å². The predicted molar refractivity (Wildman–Crippen MR) is 82.5 cm³/mol. The zero-order valence-corrected chi connectivity index (χ0v) is 12.3. The molecule has 1 amide bonds. The molecule has 2 atom stereocenters. The molecule has 1 heterocycles. The van der Waals surface area contributed by atoms with E-state index in [-0.39, 0.29) is 18.1 Å². The fourth-order valence-corrected chi connectivity index (χ4v) is 3.09. The van der Waals surface area contributed by atoms with Gasteiger partial charge < -0.3 is 10.4 Å². The minimum absolute atomic E-state index is 0.00768. The number of benzene rings is 1. The highest BCUT2D eigenvalue weighted by atomic mass is 35.5. The van der Waals surface area contributed by atoms with Gasteiger partial charge in [0.2, 0.25) is 0 Å². The van der Waals surface area contributed by atoms with E-state index in [1.54, 1.807) is 6.07 Å². The van der Waals surface area contributed by atoms with Gasteiger partial charge in [-0.25, -0.2) is 4.98 Å². The second-order valence-electron chi connectivity index (χ2n) is 5.51. The van der Waals surface area contributed by atoms with Gasteiger partial charge in [0.15, 0.2) is 0 Å². The summed E-state index contributed by atoms with van der Waals surface area (Å²) in [5.41, 5.74) is 0.318. The number of hydrogen-bond acceptors (Lipinski definition) is 3. The van der Waals surface area contributed by atoms with Crippen LogP contribution in [0.25, 0.3) is 10.8 Å². The molecule has 21 heavy (non-hydrogen) atoms. The van der Waals surface area contributed by atoms with Gasteiger partial charge in [0.25, 0.3) is 5.91 Å². The highest BCUT2D eigenvalue weighted by Gasteiger charge is 2.22. The first-order valence-electron chi connectivity index (χ1n) is 7.17. The molecule has 0 radical (unpaired) electrons. The highest BCUT2D eigenvalue weighted by molar-refractivity contribution is 6.34. The van der Waals surface area contributed by atoms with Crippen molar-refractivity contribution in [3.63, 3.8) is 0 Å². The van der Waals surface area contributed by atoms with Crippen LogP contribution in [0.1, 0.15) is 36.2 Å². The molecule has 1 aliphatic carbocycles. The van der Waals surface area contributed by atoms with Gasteiger partial charge in [0.1, 0.15) is 10.8 Å². The average Bonchev–Trinajstić information content (AvgIpc) is 2.47. The lowest BCUT2D eigenvalue weighted by Crippen LogP contribution is -2.40. The lowest BCUT2D eigenvalue weighted by molar-refractivity contribution is 0.0845. The van der Waals surface area contributed by atoms with Crippen LogP contribution in [0.3, 0.4) is 0 Å². The van der Waals surface area contributed by atoms with Gasteiger partial charge >= 0.3 is 0 Å². The number of carbonyl (C=O) groups is 1. The molecule has 1 aromatic heterocycles. The van der Waals surface area contributed by atoms with E-state index in [4.69, 9.17) is 11.6 Å². The van der Waals surface area contributed by atoms with Gasteiger partial charge in [0.05, 0.1) is 6.10 Å². The predicted octanol–water partition coefficient (Wildman–Crippen LogP) is 2.92. The molecule has 0 aliphatic heterocycles. The van der Waals surface area contributed by atoms with Crippen LogP contribution in [-0.2, 0) is 0 Å². The smallest absolute Gasteiger partial charge is 0.270 e. The number of aliphatic hydroxyl groups is 1. The van der Waals surface area contributed by atoms with E-state index in [2.05, 4.69) is 10.3 Å². The number of aromatic nitrogens is 1. The van der Waals surface area contributed by atoms with E-state index in [1.807, 2.05) is 24.3 Å². The number of aliphatic hydroxyl groups excluding tert-OH is 1. The second-order valence-corrected chi connectivity index (χ2v) is 5.87. The van der Waals surface area contributed by atoms with Crippen LogP contribution in [0.15, 0.2) is 30.3 Å². The van der Waals surface area contributed by atoms with Crippen LogP contribution in [0, 0.1) is 0 Å². The topological polar surface area (TPSA) is 62.2 Å². The molecule has 5 heteroatoms. The third-order valence-electron chi connectivity index (χ3n) is 3.91. The largest absolute Gasteiger partial charge is 0.393 e. The van der Waals surface area contributed by atoms with Crippen LogP contribution >= 0.6 is 11.6 Å². The molecular weight excluding hydrogens is 288 g/mol. The zero-order chi connectivity index (χ0) is 14.8. The molecule has 0 spiro atoms. The summed E-state index contributed by atoms with van der Waals surface area (Å²) in [5, 5.41) is 14.7. The lowest BCUT2D eigenvalue weighted by atomic mass is 9.93. The molecule has 1 fully saturated rings. The summed E-state index contributed by atoms with van der Waals surface area (Å²) >= 11 is 6.14. The van der Waals surface area contributed by atoms with Crippen molar-refractivity contribution in [1.82, 2.24) is 10.3 Å². The number of nitrogens with one attached hydrogen (secondary N) is 1. The first-order valence-corrected chi connectivity index (χ1v) is 7.55. The summed E-state index contributed by atoms with van der Waals surface area (Å²) in [4.78, 5) is 16.5. The van der Waals surface area contributed by atoms with Crippen molar-refractivity contribution in [3.8, 4) is 0 Å². The molecule has 3 rings (SSSR count). The van der Waals surface area contributed by atoms with Crippen LogP contribution in [-0.4, -0.2) is 28.1 Å². The Labute approximate surface area is 128 Å². The molecule has 1 saturated carbocycles. The van der Waals surface area contributed by atoms with Crippen LogP contribution in [0.2, 0.25) is 5.15 Å². The van der Waals surface area contributed by atoms with Crippen LogP contribution < -0.4 is 5.32 Å². The van der Waals surface area contributed by atoms with Gasteiger partial charge in [-0.2, -0.15) is 0 Å². The molecule has 1 aromatic carbocycles. The van der Waals surface area contributed by atoms with Crippen molar-refractivity contribution < 1.29 is 9.90 Å². The number of halogens is 1. The molecular formula is C16H17ClN2O2. The fourth-order valence-electron chi connectivity index (χ4n) is 2.83. The van der Waals surface area contributed by atoms with Gasteiger partial charge in [-0.05, 0) is 37.1 Å². The maximum absolute atomic E-state index is 12.3. The lowest BCUT2D eigenvalue weighted by Gasteiger charge is -2.26. The summed E-state index contributed by atoms with van der Waals surface area (Å²) in [7, 11) is 0. The van der Waals surface area contributed by atoms with E-state index in [0.717, 1.165) is 30.0 Å². The van der Waals surface area contributed by atoms with Crippen molar-refractivity contribution in [1.29, 1.82) is 0 Å². The molecule has 2 N–H and O–H groups in total. The van der Waals surface area contributed by atoms with Gasteiger partial charge in [0, 0.05) is 11.4 Å². The summed E-state index contributed by atoms with van der Waals surface area (Å²) in [6, 6.07) is 9.33. The van der Waals surface area contributed by atoms with E-state index < -0.39 is 0 Å². The van der Waals surface area contributed by atoms with E-state index in [1.165, 1.54) is 0 Å². The van der Waals surface area contributed by atoms with Crippen LogP contribution in [0.4, 0.5) is 0 Å². The third kappa shape index (κ3) is 3.17. The molecule has 110 valence electrons. The third-order valence-corrected chi connectivity index (χ3v) is 4.20. The van der Waals surface area contributed by atoms with Gasteiger partial charge in [-0.1, -0.05) is 35.9 Å². The molecule has 0 bridgehead atoms. The van der Waals surface area contributed by atoms with Crippen molar-refractivity contribution in [2.75, 3.05) is 0 Å². The molecule has 0 saturated heterocycles. The number of rotatable bonds is 2. The number of fused-ring (bicyclic) bond motifs is 1. The Kier molecular flexibility index (Phi) is 4.08. The zero-order valence-electron chi connectivity index (χ0n) is 11.6. The maximum Gasteiger partial charge on any atom is 0.270 e. The first-order chi connectivity index (χ1) is 10.1. The molecule has 1 aliphatic rings. The summed E-state index contributed by atoms with van der Waals surface area (Å²) in [6.07, 6.45) is 2.92. The molecule has 2 aromatic rings. The van der Waals surface area contributed by atoms with E-state index in [0.29, 0.717) is 17.3 Å². The Morgan fingerprint density at radius 3 is 2.95 bits per heavy atom. The van der Waals surface area contributed by atoms with Crippen molar-refractivity contribution in [3.05, 3.63) is 41.2 Å². The maximum atomic E-state index is 12.3. The Morgan fingerprint density at radius 2 is 2.14 bits per heavy atom. The first kappa shape index (κ1) is 14.3. The van der Waals surface area contributed by atoms with Crippen LogP contribution in [0.5, 0.6) is 0 Å². The SMILES string of the molecule is O=C(NC1CCCC(O)C1)c1cc2ccccc2c(Cl)n1. The average molecular weight is 305 g/mol. The second kappa shape index (κ2) is 6.00. The summed E-state index contributed by atoms with van der Waals surface area (Å²) < 4.78 is 0. The van der Waals surface area contributed by atoms with Gasteiger partial charge in [-0.3, -0.25) is 4.79 Å². The minimum Gasteiger partial charge on any atom is -0.393 e. The van der Waals surface area contributed by atoms with Crippen molar-refractivity contribution in [2.45, 2.75) is 37.8 Å². The number of pyridine rings is 1. The Morgan fingerprint density at radius 1 is 1.33 bits per heavy atom. The number of nitrogens with zero attached hydrogens (tertiary/aromatic N) is 1.